The van der Waals surface area contributed by atoms with E-state index in [-0.39, 0.29) is 4.90 Å². The number of benzene rings is 4. The van der Waals surface area contributed by atoms with Gasteiger partial charge in [0.05, 0.1) is 16.3 Å². The number of carbonyl (C=O) groups is 1. The quantitative estimate of drug-likeness (QED) is 0.329. The lowest BCUT2D eigenvalue weighted by Gasteiger charge is -2.24. The fourth-order valence-corrected chi connectivity index (χ4v) is 4.87. The third-order valence-corrected chi connectivity index (χ3v) is 6.87. The molecule has 0 aromatic heterocycles. The van der Waals surface area contributed by atoms with Gasteiger partial charge in [0, 0.05) is 5.02 Å². The molecule has 0 radical (unpaired) electrons. The molecule has 6 nitrogen and oxygen atoms in total. The molecule has 172 valence electrons. The van der Waals surface area contributed by atoms with Gasteiger partial charge in [-0.15, -0.1) is 0 Å². The number of para-hydroxylation sites is 2. The molecule has 8 heteroatoms. The Labute approximate surface area is 203 Å². The van der Waals surface area contributed by atoms with Crippen LogP contribution in [0.25, 0.3) is 0 Å². The van der Waals surface area contributed by atoms with Crippen LogP contribution in [-0.2, 0) is 14.8 Å². The summed E-state index contributed by atoms with van der Waals surface area (Å²) in [7, 11) is -3.99. The summed E-state index contributed by atoms with van der Waals surface area (Å²) in [6, 6.07) is 30.4. The average molecular weight is 493 g/mol. The van der Waals surface area contributed by atoms with Gasteiger partial charge in [0.2, 0.25) is 5.91 Å². The number of ether oxygens (including phenoxy) is 1. The molecule has 4 aromatic rings. The lowest BCUT2D eigenvalue weighted by atomic mass is 10.2. The van der Waals surface area contributed by atoms with Crippen LogP contribution in [0.2, 0.25) is 5.02 Å². The van der Waals surface area contributed by atoms with Gasteiger partial charge in [-0.25, -0.2) is 8.42 Å². The van der Waals surface area contributed by atoms with Crippen LogP contribution in [0.5, 0.6) is 11.5 Å². The number of sulfonamides is 1. The van der Waals surface area contributed by atoms with Gasteiger partial charge in [0.15, 0.2) is 5.75 Å². The Hall–Kier alpha value is -3.81. The van der Waals surface area contributed by atoms with Crippen LogP contribution in [0.15, 0.2) is 114 Å². The first-order chi connectivity index (χ1) is 16.4. The number of rotatable bonds is 8. The molecular formula is C26H21ClN2O4S. The highest BCUT2D eigenvalue weighted by atomic mass is 35.5. The average Bonchev–Trinajstić information content (AvgIpc) is 2.86. The van der Waals surface area contributed by atoms with Crippen LogP contribution in [0.4, 0.5) is 11.4 Å². The molecule has 4 rings (SSSR count). The van der Waals surface area contributed by atoms with Gasteiger partial charge in [-0.2, -0.15) is 0 Å². The maximum Gasteiger partial charge on any atom is 0.264 e. The zero-order valence-corrected chi connectivity index (χ0v) is 19.5. The smallest absolute Gasteiger partial charge is 0.264 e. The topological polar surface area (TPSA) is 75.7 Å². The van der Waals surface area contributed by atoms with E-state index in [0.29, 0.717) is 27.9 Å². The zero-order chi connectivity index (χ0) is 24.0. The van der Waals surface area contributed by atoms with Crippen LogP contribution in [0, 0.1) is 0 Å². The number of nitrogens with zero attached hydrogens (tertiary/aromatic N) is 1. The lowest BCUT2D eigenvalue weighted by molar-refractivity contribution is -0.114. The summed E-state index contributed by atoms with van der Waals surface area (Å²) in [5, 5.41) is 3.14. The highest BCUT2D eigenvalue weighted by Gasteiger charge is 2.27. The molecule has 0 fully saturated rings. The van der Waals surface area contributed by atoms with Crippen molar-refractivity contribution >= 4 is 38.9 Å². The van der Waals surface area contributed by atoms with Crippen LogP contribution in [0.3, 0.4) is 0 Å². The molecule has 0 heterocycles. The second-order valence-corrected chi connectivity index (χ2v) is 9.56. The van der Waals surface area contributed by atoms with Gasteiger partial charge in [-0.05, 0) is 54.6 Å². The Morgan fingerprint density at radius 1 is 0.824 bits per heavy atom. The number of nitrogens with one attached hydrogen (secondary N) is 1. The van der Waals surface area contributed by atoms with Gasteiger partial charge in [-0.1, -0.05) is 66.2 Å². The molecule has 0 unspecified atom stereocenters. The molecule has 1 amide bonds. The predicted molar refractivity (Wildman–Crippen MR) is 134 cm³/mol. The number of hydrogen-bond acceptors (Lipinski definition) is 4. The molecule has 34 heavy (non-hydrogen) atoms. The third kappa shape index (κ3) is 5.57. The van der Waals surface area contributed by atoms with E-state index in [4.69, 9.17) is 16.3 Å². The van der Waals surface area contributed by atoms with E-state index < -0.39 is 22.5 Å². The first-order valence-corrected chi connectivity index (χ1v) is 12.2. The molecular weight excluding hydrogens is 472 g/mol. The SMILES string of the molecule is O=C(CN(c1ccccc1)S(=O)(=O)c1ccccc1)Nc1cc(Cl)ccc1Oc1ccccc1. The molecule has 0 atom stereocenters. The van der Waals surface area contributed by atoms with Crippen molar-refractivity contribution in [3.63, 3.8) is 0 Å². The maximum atomic E-state index is 13.4. The first-order valence-electron chi connectivity index (χ1n) is 10.4. The lowest BCUT2D eigenvalue weighted by Crippen LogP contribution is -2.38. The second kappa shape index (κ2) is 10.4. The van der Waals surface area contributed by atoms with Crippen molar-refractivity contribution in [1.29, 1.82) is 0 Å². The van der Waals surface area contributed by atoms with Crippen molar-refractivity contribution in [2.45, 2.75) is 4.90 Å². The summed E-state index contributed by atoms with van der Waals surface area (Å²) in [5.74, 6) is 0.405. The van der Waals surface area contributed by atoms with Crippen molar-refractivity contribution in [3.8, 4) is 11.5 Å². The molecule has 0 bridgehead atoms. The summed E-state index contributed by atoms with van der Waals surface area (Å²) in [6.45, 7) is -0.446. The largest absolute Gasteiger partial charge is 0.455 e. The molecule has 4 aromatic carbocycles. The van der Waals surface area contributed by atoms with E-state index >= 15 is 0 Å². The summed E-state index contributed by atoms with van der Waals surface area (Å²) < 4.78 is 33.7. The summed E-state index contributed by atoms with van der Waals surface area (Å²) in [6.07, 6.45) is 0. The van der Waals surface area contributed by atoms with Gasteiger partial charge < -0.3 is 10.1 Å². The Morgan fingerprint density at radius 3 is 2.06 bits per heavy atom. The van der Waals surface area contributed by atoms with E-state index in [9.17, 15) is 13.2 Å². The maximum absolute atomic E-state index is 13.4. The Bertz CT molecular complexity index is 1370. The summed E-state index contributed by atoms with van der Waals surface area (Å²) in [5.41, 5.74) is 0.694. The van der Waals surface area contributed by atoms with Crippen LogP contribution in [-0.4, -0.2) is 20.9 Å². The van der Waals surface area contributed by atoms with Crippen molar-refractivity contribution < 1.29 is 17.9 Å². The number of hydrogen-bond donors (Lipinski definition) is 1. The zero-order valence-electron chi connectivity index (χ0n) is 18.0. The number of anilines is 2. The Morgan fingerprint density at radius 2 is 1.41 bits per heavy atom. The molecule has 1 N–H and O–H groups in total. The standard InChI is InChI=1S/C26H21ClN2O4S/c27-20-16-17-25(33-22-12-6-2-7-13-22)24(18-20)28-26(30)19-29(21-10-4-1-5-11-21)34(31,32)23-14-8-3-9-15-23/h1-18H,19H2,(H,28,30). The summed E-state index contributed by atoms with van der Waals surface area (Å²) >= 11 is 6.14. The van der Waals surface area contributed by atoms with E-state index in [2.05, 4.69) is 5.32 Å². The van der Waals surface area contributed by atoms with E-state index in [0.717, 1.165) is 4.31 Å². The van der Waals surface area contributed by atoms with Gasteiger partial charge in [-0.3, -0.25) is 9.10 Å². The molecule has 0 spiro atoms. The van der Waals surface area contributed by atoms with Gasteiger partial charge >= 0.3 is 0 Å². The van der Waals surface area contributed by atoms with E-state index in [1.807, 2.05) is 18.2 Å². The monoisotopic (exact) mass is 492 g/mol. The minimum atomic E-state index is -3.99. The number of amides is 1. The molecule has 0 aliphatic rings. The highest BCUT2D eigenvalue weighted by molar-refractivity contribution is 7.92. The molecule has 0 aliphatic heterocycles. The van der Waals surface area contributed by atoms with Crippen molar-refractivity contribution in [2.75, 3.05) is 16.2 Å². The van der Waals surface area contributed by atoms with Crippen molar-refractivity contribution in [2.24, 2.45) is 0 Å². The molecule has 0 aliphatic carbocycles. The number of carbonyl (C=O) groups excluding carboxylic acids is 1. The van der Waals surface area contributed by atoms with Crippen molar-refractivity contribution in [3.05, 3.63) is 114 Å². The van der Waals surface area contributed by atoms with Crippen LogP contribution >= 0.6 is 11.6 Å². The Balaban J connectivity index is 1.62. The van der Waals surface area contributed by atoms with E-state index in [1.54, 1.807) is 78.9 Å². The highest BCUT2D eigenvalue weighted by Crippen LogP contribution is 2.32. The van der Waals surface area contributed by atoms with Crippen LogP contribution in [0.1, 0.15) is 0 Å². The van der Waals surface area contributed by atoms with Gasteiger partial charge in [0.1, 0.15) is 12.3 Å². The Kier molecular flexibility index (Phi) is 7.15. The predicted octanol–water partition coefficient (Wildman–Crippen LogP) is 5.97. The second-order valence-electron chi connectivity index (χ2n) is 7.26. The number of halogens is 1. The fourth-order valence-electron chi connectivity index (χ4n) is 3.25. The fraction of sp³-hybridized carbons (Fsp3) is 0.0385. The minimum absolute atomic E-state index is 0.0857. The molecule has 0 saturated carbocycles. The van der Waals surface area contributed by atoms with E-state index in [1.165, 1.54) is 12.1 Å². The van der Waals surface area contributed by atoms with Gasteiger partial charge in [0.25, 0.3) is 10.0 Å². The molecule has 0 saturated heterocycles. The van der Waals surface area contributed by atoms with Crippen LogP contribution < -0.4 is 14.4 Å². The third-order valence-electron chi connectivity index (χ3n) is 4.85. The normalized spacial score (nSPS) is 11.0. The van der Waals surface area contributed by atoms with Crippen molar-refractivity contribution in [1.82, 2.24) is 0 Å². The minimum Gasteiger partial charge on any atom is -0.455 e. The first kappa shape index (κ1) is 23.4. The summed E-state index contributed by atoms with van der Waals surface area (Å²) in [4.78, 5) is 13.2.